The van der Waals surface area contributed by atoms with Crippen LogP contribution in [-0.4, -0.2) is 53.9 Å². The van der Waals surface area contributed by atoms with Crippen molar-refractivity contribution in [2.75, 3.05) is 26.8 Å². The number of hydrogen-bond donors (Lipinski definition) is 3. The van der Waals surface area contributed by atoms with E-state index in [0.717, 1.165) is 0 Å². The van der Waals surface area contributed by atoms with Crippen LogP contribution in [0.3, 0.4) is 0 Å². The van der Waals surface area contributed by atoms with E-state index in [1.807, 2.05) is 0 Å². The smallest absolute Gasteiger partial charge is 0.237 e. The average molecular weight is 312 g/mol. The van der Waals surface area contributed by atoms with E-state index in [9.17, 15) is 19.4 Å². The second kappa shape index (κ2) is 8.22. The molecule has 0 saturated heterocycles. The Bertz CT molecular complexity index is 492. The van der Waals surface area contributed by atoms with Gasteiger partial charge in [-0.3, -0.25) is 9.69 Å². The number of halogens is 1. The summed E-state index contributed by atoms with van der Waals surface area (Å²) < 4.78 is 13.5. The molecule has 1 atom stereocenters. The molecule has 0 aliphatic carbocycles. The molecule has 0 aliphatic rings. The molecular weight excluding hydrogens is 287 g/mol. The summed E-state index contributed by atoms with van der Waals surface area (Å²) in [5.74, 6) is -0.582. The fourth-order valence-electron chi connectivity index (χ4n) is 2.06. The van der Waals surface area contributed by atoms with Crippen LogP contribution in [0.1, 0.15) is 19.4 Å². The Hall–Kier alpha value is -1.50. The number of likely N-dealkylation sites (N-methyl/N-ethyl adjacent to an activating group) is 1. The average Bonchev–Trinajstić information content (AvgIpc) is 2.52. The van der Waals surface area contributed by atoms with E-state index in [1.54, 1.807) is 44.0 Å². The standard InChI is InChI=1S/C16H25FN2O3/c1-12(19(3)9-16(2,10-20)11-21)15(22)18-8-13-6-4-5-7-14(13)17/h4-7,12,20-21H,8-11H2,1-3H3,(H,18,22). The zero-order valence-electron chi connectivity index (χ0n) is 13.3. The number of carbonyl (C=O) groups excluding carboxylic acids is 1. The maximum Gasteiger partial charge on any atom is 0.237 e. The topological polar surface area (TPSA) is 72.8 Å². The highest BCUT2D eigenvalue weighted by Crippen LogP contribution is 2.17. The largest absolute Gasteiger partial charge is 0.396 e. The summed E-state index contributed by atoms with van der Waals surface area (Å²) in [6.45, 7) is 3.63. The summed E-state index contributed by atoms with van der Waals surface area (Å²) in [5, 5.41) is 21.3. The molecule has 1 amide bonds. The quantitative estimate of drug-likeness (QED) is 0.662. The van der Waals surface area contributed by atoms with E-state index in [0.29, 0.717) is 12.1 Å². The molecule has 1 rings (SSSR count). The molecule has 0 fully saturated rings. The summed E-state index contributed by atoms with van der Waals surface area (Å²) in [5.41, 5.74) is -0.240. The first-order valence-corrected chi connectivity index (χ1v) is 7.26. The van der Waals surface area contributed by atoms with Gasteiger partial charge in [0, 0.05) is 24.1 Å². The van der Waals surface area contributed by atoms with Crippen molar-refractivity contribution in [3.63, 3.8) is 0 Å². The van der Waals surface area contributed by atoms with Crippen LogP contribution in [0, 0.1) is 11.2 Å². The van der Waals surface area contributed by atoms with Gasteiger partial charge in [0.1, 0.15) is 5.82 Å². The number of carbonyl (C=O) groups is 1. The predicted molar refractivity (Wildman–Crippen MR) is 82.6 cm³/mol. The van der Waals surface area contributed by atoms with E-state index in [4.69, 9.17) is 0 Å². The maximum atomic E-state index is 13.5. The van der Waals surface area contributed by atoms with Crippen LogP contribution < -0.4 is 5.32 Å². The Kier molecular flexibility index (Phi) is 6.93. The van der Waals surface area contributed by atoms with Gasteiger partial charge in [-0.15, -0.1) is 0 Å². The highest BCUT2D eigenvalue weighted by molar-refractivity contribution is 5.81. The number of hydrogen-bond acceptors (Lipinski definition) is 4. The number of aliphatic hydroxyl groups is 2. The lowest BCUT2D eigenvalue weighted by Gasteiger charge is -2.33. The minimum Gasteiger partial charge on any atom is -0.396 e. The van der Waals surface area contributed by atoms with Crippen LogP contribution in [0.4, 0.5) is 4.39 Å². The van der Waals surface area contributed by atoms with Crippen molar-refractivity contribution in [3.8, 4) is 0 Å². The molecule has 0 bridgehead atoms. The molecule has 0 aliphatic heterocycles. The molecule has 3 N–H and O–H groups in total. The lowest BCUT2D eigenvalue weighted by Crippen LogP contribution is -2.48. The van der Waals surface area contributed by atoms with Gasteiger partial charge in [-0.25, -0.2) is 4.39 Å². The predicted octanol–water partition coefficient (Wildman–Crippen LogP) is 0.753. The second-order valence-corrected chi connectivity index (χ2v) is 6.03. The van der Waals surface area contributed by atoms with E-state index in [-0.39, 0.29) is 31.5 Å². The van der Waals surface area contributed by atoms with Crippen molar-refractivity contribution in [2.45, 2.75) is 26.4 Å². The molecule has 5 nitrogen and oxygen atoms in total. The van der Waals surface area contributed by atoms with Gasteiger partial charge < -0.3 is 15.5 Å². The van der Waals surface area contributed by atoms with Crippen molar-refractivity contribution in [1.29, 1.82) is 0 Å². The second-order valence-electron chi connectivity index (χ2n) is 6.03. The van der Waals surface area contributed by atoms with Gasteiger partial charge in [-0.1, -0.05) is 25.1 Å². The molecule has 1 aromatic carbocycles. The number of nitrogens with zero attached hydrogens (tertiary/aromatic N) is 1. The minimum absolute atomic E-state index is 0.126. The minimum atomic E-state index is -0.672. The van der Waals surface area contributed by atoms with Crippen molar-refractivity contribution >= 4 is 5.91 Å². The normalized spacial score (nSPS) is 13.2. The SMILES string of the molecule is CC(C(=O)NCc1ccccc1F)N(C)CC(C)(CO)CO. The summed E-state index contributed by atoms with van der Waals surface area (Å²) in [4.78, 5) is 13.9. The fraction of sp³-hybridized carbons (Fsp3) is 0.562. The summed E-state index contributed by atoms with van der Waals surface area (Å²) in [6, 6.07) is 5.84. The lowest BCUT2D eigenvalue weighted by atomic mass is 9.92. The molecule has 0 aromatic heterocycles. The zero-order chi connectivity index (χ0) is 16.8. The highest BCUT2D eigenvalue weighted by atomic mass is 19.1. The first-order chi connectivity index (χ1) is 10.3. The van der Waals surface area contributed by atoms with Gasteiger partial charge >= 0.3 is 0 Å². The Balaban J connectivity index is 2.56. The molecule has 0 heterocycles. The van der Waals surface area contributed by atoms with E-state index in [1.165, 1.54) is 6.07 Å². The van der Waals surface area contributed by atoms with E-state index in [2.05, 4.69) is 5.32 Å². The fourth-order valence-corrected chi connectivity index (χ4v) is 2.06. The van der Waals surface area contributed by atoms with Gasteiger partial charge in [0.2, 0.25) is 5.91 Å². The van der Waals surface area contributed by atoms with Gasteiger partial charge in [0.25, 0.3) is 0 Å². The summed E-state index contributed by atoms with van der Waals surface area (Å²) >= 11 is 0. The third kappa shape index (κ3) is 5.05. The number of benzene rings is 1. The first kappa shape index (κ1) is 18.5. The molecule has 124 valence electrons. The monoisotopic (exact) mass is 312 g/mol. The lowest BCUT2D eigenvalue weighted by molar-refractivity contribution is -0.126. The number of rotatable bonds is 8. The molecule has 0 radical (unpaired) electrons. The van der Waals surface area contributed by atoms with E-state index >= 15 is 0 Å². The zero-order valence-corrected chi connectivity index (χ0v) is 13.3. The van der Waals surface area contributed by atoms with Crippen LogP contribution in [0.15, 0.2) is 24.3 Å². The van der Waals surface area contributed by atoms with Crippen LogP contribution in [-0.2, 0) is 11.3 Å². The Morgan fingerprint density at radius 1 is 1.36 bits per heavy atom. The molecule has 22 heavy (non-hydrogen) atoms. The molecular formula is C16H25FN2O3. The number of amides is 1. The van der Waals surface area contributed by atoms with Crippen LogP contribution >= 0.6 is 0 Å². The van der Waals surface area contributed by atoms with E-state index < -0.39 is 11.5 Å². The highest BCUT2D eigenvalue weighted by Gasteiger charge is 2.28. The van der Waals surface area contributed by atoms with Gasteiger partial charge in [-0.2, -0.15) is 0 Å². The van der Waals surface area contributed by atoms with Gasteiger partial charge in [0.15, 0.2) is 0 Å². The molecule has 0 saturated carbocycles. The first-order valence-electron chi connectivity index (χ1n) is 7.26. The number of nitrogens with one attached hydrogen (secondary N) is 1. The Labute approximate surface area is 130 Å². The van der Waals surface area contributed by atoms with Gasteiger partial charge in [0.05, 0.1) is 19.3 Å². The molecule has 6 heteroatoms. The van der Waals surface area contributed by atoms with Crippen molar-refractivity contribution < 1.29 is 19.4 Å². The maximum absolute atomic E-state index is 13.5. The summed E-state index contributed by atoms with van der Waals surface area (Å²) in [7, 11) is 1.75. The molecule has 1 aromatic rings. The molecule has 1 unspecified atom stereocenters. The van der Waals surface area contributed by atoms with Crippen LogP contribution in [0.2, 0.25) is 0 Å². The van der Waals surface area contributed by atoms with Crippen LogP contribution in [0.25, 0.3) is 0 Å². The van der Waals surface area contributed by atoms with Crippen molar-refractivity contribution in [3.05, 3.63) is 35.6 Å². The van der Waals surface area contributed by atoms with Gasteiger partial charge in [-0.05, 0) is 20.0 Å². The molecule has 0 spiro atoms. The van der Waals surface area contributed by atoms with Crippen molar-refractivity contribution in [2.24, 2.45) is 5.41 Å². The Morgan fingerprint density at radius 3 is 2.50 bits per heavy atom. The Morgan fingerprint density at radius 2 is 1.95 bits per heavy atom. The number of aliphatic hydroxyl groups excluding tert-OH is 2. The summed E-state index contributed by atoms with van der Waals surface area (Å²) in [6.07, 6.45) is 0. The van der Waals surface area contributed by atoms with Crippen LogP contribution in [0.5, 0.6) is 0 Å². The third-order valence-electron chi connectivity index (χ3n) is 3.85. The van der Waals surface area contributed by atoms with Crippen molar-refractivity contribution in [1.82, 2.24) is 10.2 Å². The third-order valence-corrected chi connectivity index (χ3v) is 3.85.